The molecule has 110 valence electrons. The fourth-order valence-corrected chi connectivity index (χ4v) is 3.72. The number of amides is 2. The van der Waals surface area contributed by atoms with E-state index in [1.165, 1.54) is 11.8 Å². The number of aliphatic imine (C=N–C) groups is 1. The lowest BCUT2D eigenvalue weighted by molar-refractivity contribution is -0.127. The van der Waals surface area contributed by atoms with Crippen LogP contribution in [0.15, 0.2) is 29.3 Å². The monoisotopic (exact) mass is 303 g/mol. The van der Waals surface area contributed by atoms with Crippen LogP contribution in [-0.2, 0) is 16.0 Å². The van der Waals surface area contributed by atoms with Crippen LogP contribution in [0.3, 0.4) is 0 Å². The van der Waals surface area contributed by atoms with Crippen LogP contribution < -0.4 is 5.32 Å². The molecule has 5 nitrogen and oxygen atoms in total. The molecule has 0 spiro atoms. The fraction of sp³-hybridized carbons (Fsp3) is 0.400. The number of amidine groups is 1. The molecule has 0 aliphatic carbocycles. The lowest BCUT2D eigenvalue weighted by Gasteiger charge is -2.12. The quantitative estimate of drug-likeness (QED) is 0.924. The minimum Gasteiger partial charge on any atom is -0.326 e. The number of para-hydroxylation sites is 1. The molecule has 0 unspecified atom stereocenters. The van der Waals surface area contributed by atoms with Crippen LogP contribution >= 0.6 is 11.8 Å². The van der Waals surface area contributed by atoms with Gasteiger partial charge in [-0.15, -0.1) is 0 Å². The van der Waals surface area contributed by atoms with E-state index < -0.39 is 0 Å². The SMILES string of the molecule is CCc1ccccc1NC(=O)C[C@H]1SC2=NCCN2C1=O. The van der Waals surface area contributed by atoms with Gasteiger partial charge in [0.1, 0.15) is 5.25 Å². The molecule has 2 heterocycles. The van der Waals surface area contributed by atoms with E-state index >= 15 is 0 Å². The third-order valence-electron chi connectivity index (χ3n) is 3.63. The Kier molecular flexibility index (Phi) is 3.96. The van der Waals surface area contributed by atoms with E-state index in [4.69, 9.17) is 0 Å². The van der Waals surface area contributed by atoms with E-state index in [1.54, 1.807) is 4.90 Å². The number of nitrogens with one attached hydrogen (secondary N) is 1. The highest BCUT2D eigenvalue weighted by molar-refractivity contribution is 8.15. The Labute approximate surface area is 127 Å². The fourth-order valence-electron chi connectivity index (χ4n) is 2.53. The van der Waals surface area contributed by atoms with Crippen LogP contribution in [-0.4, -0.2) is 40.2 Å². The van der Waals surface area contributed by atoms with Crippen molar-refractivity contribution in [3.05, 3.63) is 29.8 Å². The maximum absolute atomic E-state index is 12.2. The minimum absolute atomic E-state index is 0.00942. The van der Waals surface area contributed by atoms with Crippen molar-refractivity contribution in [3.63, 3.8) is 0 Å². The first-order valence-electron chi connectivity index (χ1n) is 7.09. The van der Waals surface area contributed by atoms with Crippen molar-refractivity contribution in [1.29, 1.82) is 0 Å². The number of benzene rings is 1. The van der Waals surface area contributed by atoms with Crippen LogP contribution in [0.25, 0.3) is 0 Å². The van der Waals surface area contributed by atoms with Gasteiger partial charge in [0.05, 0.1) is 6.54 Å². The second kappa shape index (κ2) is 5.89. The van der Waals surface area contributed by atoms with Crippen molar-refractivity contribution in [2.75, 3.05) is 18.4 Å². The Morgan fingerprint density at radius 3 is 3.05 bits per heavy atom. The zero-order chi connectivity index (χ0) is 14.8. The normalized spacial score (nSPS) is 20.4. The molecule has 1 fully saturated rings. The van der Waals surface area contributed by atoms with E-state index in [2.05, 4.69) is 10.3 Å². The molecule has 1 saturated heterocycles. The molecular weight excluding hydrogens is 286 g/mol. The summed E-state index contributed by atoms with van der Waals surface area (Å²) in [5.41, 5.74) is 1.93. The predicted molar refractivity (Wildman–Crippen MR) is 84.5 cm³/mol. The summed E-state index contributed by atoms with van der Waals surface area (Å²) in [6.45, 7) is 3.38. The lowest BCUT2D eigenvalue weighted by Crippen LogP contribution is -2.32. The number of hydrogen-bond donors (Lipinski definition) is 1. The molecular formula is C15H17N3O2S. The highest BCUT2D eigenvalue weighted by Crippen LogP contribution is 2.31. The van der Waals surface area contributed by atoms with Crippen molar-refractivity contribution >= 4 is 34.4 Å². The number of nitrogens with zero attached hydrogens (tertiary/aromatic N) is 2. The van der Waals surface area contributed by atoms with Gasteiger partial charge in [0, 0.05) is 18.7 Å². The smallest absolute Gasteiger partial charge is 0.242 e. The zero-order valence-corrected chi connectivity index (χ0v) is 12.7. The Balaban J connectivity index is 1.63. The van der Waals surface area contributed by atoms with Crippen LogP contribution in [0, 0.1) is 0 Å². The first-order valence-corrected chi connectivity index (χ1v) is 7.97. The molecule has 3 rings (SSSR count). The van der Waals surface area contributed by atoms with E-state index in [1.807, 2.05) is 31.2 Å². The topological polar surface area (TPSA) is 61.8 Å². The van der Waals surface area contributed by atoms with E-state index in [9.17, 15) is 9.59 Å². The third-order valence-corrected chi connectivity index (χ3v) is 4.85. The number of anilines is 1. The molecule has 2 aliphatic rings. The summed E-state index contributed by atoms with van der Waals surface area (Å²) in [5.74, 6) is -0.112. The molecule has 1 N–H and O–H groups in total. The van der Waals surface area contributed by atoms with Crippen molar-refractivity contribution in [2.24, 2.45) is 4.99 Å². The Hall–Kier alpha value is -1.82. The van der Waals surface area contributed by atoms with Crippen molar-refractivity contribution in [3.8, 4) is 0 Å². The molecule has 1 aromatic carbocycles. The number of hydrogen-bond acceptors (Lipinski definition) is 4. The second-order valence-corrected chi connectivity index (χ2v) is 6.19. The van der Waals surface area contributed by atoms with Crippen LogP contribution in [0.1, 0.15) is 18.9 Å². The molecule has 6 heteroatoms. The van der Waals surface area contributed by atoms with Gasteiger partial charge in [-0.1, -0.05) is 36.9 Å². The summed E-state index contributed by atoms with van der Waals surface area (Å²) in [6, 6.07) is 7.74. The van der Waals surface area contributed by atoms with E-state index in [0.717, 1.165) is 22.8 Å². The summed E-state index contributed by atoms with van der Waals surface area (Å²) in [5, 5.41) is 3.35. The molecule has 0 radical (unpaired) electrons. The molecule has 2 amide bonds. The summed E-state index contributed by atoms with van der Waals surface area (Å²) in [4.78, 5) is 30.3. The maximum Gasteiger partial charge on any atom is 0.242 e. The number of rotatable bonds is 4. The van der Waals surface area contributed by atoms with Crippen LogP contribution in [0.4, 0.5) is 5.69 Å². The van der Waals surface area contributed by atoms with Crippen LogP contribution in [0.2, 0.25) is 0 Å². The van der Waals surface area contributed by atoms with Gasteiger partial charge in [-0.05, 0) is 18.1 Å². The molecule has 0 bridgehead atoms. The van der Waals surface area contributed by atoms with E-state index in [0.29, 0.717) is 13.1 Å². The van der Waals surface area contributed by atoms with Gasteiger partial charge in [-0.25, -0.2) is 0 Å². The minimum atomic E-state index is -0.335. The van der Waals surface area contributed by atoms with Gasteiger partial charge in [-0.2, -0.15) is 0 Å². The average molecular weight is 303 g/mol. The standard InChI is InChI=1S/C15H17N3O2S/c1-2-10-5-3-4-6-11(10)17-13(19)9-12-14(20)18-8-7-16-15(18)21-12/h3-6,12H,2,7-9H2,1H3,(H,17,19)/t12-/m1/s1. The number of fused-ring (bicyclic) bond motifs is 1. The number of carbonyl (C=O) groups excluding carboxylic acids is 2. The summed E-state index contributed by atoms with van der Waals surface area (Å²) in [7, 11) is 0. The highest BCUT2D eigenvalue weighted by Gasteiger charge is 2.40. The summed E-state index contributed by atoms with van der Waals surface area (Å²) >= 11 is 1.40. The Bertz CT molecular complexity index is 615. The highest BCUT2D eigenvalue weighted by atomic mass is 32.2. The van der Waals surface area contributed by atoms with Gasteiger partial charge < -0.3 is 5.32 Å². The number of carbonyl (C=O) groups is 2. The largest absolute Gasteiger partial charge is 0.326 e. The Morgan fingerprint density at radius 1 is 1.48 bits per heavy atom. The second-order valence-electron chi connectivity index (χ2n) is 5.02. The van der Waals surface area contributed by atoms with Crippen molar-refractivity contribution in [2.45, 2.75) is 25.0 Å². The van der Waals surface area contributed by atoms with E-state index in [-0.39, 0.29) is 23.5 Å². The lowest BCUT2D eigenvalue weighted by atomic mass is 10.1. The third kappa shape index (κ3) is 2.81. The molecule has 1 atom stereocenters. The van der Waals surface area contributed by atoms with Crippen molar-refractivity contribution < 1.29 is 9.59 Å². The Morgan fingerprint density at radius 2 is 2.29 bits per heavy atom. The molecule has 1 aromatic rings. The van der Waals surface area contributed by atoms with Crippen LogP contribution in [0.5, 0.6) is 0 Å². The molecule has 2 aliphatic heterocycles. The molecule has 21 heavy (non-hydrogen) atoms. The zero-order valence-electron chi connectivity index (χ0n) is 11.8. The van der Waals surface area contributed by atoms with Gasteiger partial charge in [0.25, 0.3) is 0 Å². The van der Waals surface area contributed by atoms with Gasteiger partial charge in [0.2, 0.25) is 11.8 Å². The number of aryl methyl sites for hydroxylation is 1. The molecule has 0 saturated carbocycles. The number of thioether (sulfide) groups is 1. The summed E-state index contributed by atoms with van der Waals surface area (Å²) < 4.78 is 0. The average Bonchev–Trinajstić information content (AvgIpc) is 3.04. The first kappa shape index (κ1) is 14.1. The van der Waals surface area contributed by atoms with Crippen molar-refractivity contribution in [1.82, 2.24) is 4.90 Å². The van der Waals surface area contributed by atoms with Gasteiger partial charge in [-0.3, -0.25) is 19.5 Å². The maximum atomic E-state index is 12.2. The summed E-state index contributed by atoms with van der Waals surface area (Å²) in [6.07, 6.45) is 1.05. The first-order chi connectivity index (χ1) is 10.2. The van der Waals surface area contributed by atoms with Gasteiger partial charge >= 0.3 is 0 Å². The predicted octanol–water partition coefficient (Wildman–Crippen LogP) is 1.89. The molecule has 0 aromatic heterocycles. The van der Waals surface area contributed by atoms with Gasteiger partial charge in [0.15, 0.2) is 5.17 Å².